The molecule has 1 saturated heterocycles. The third-order valence-electron chi connectivity index (χ3n) is 5.24. The van der Waals surface area contributed by atoms with E-state index in [1.165, 1.54) is 4.31 Å². The molecule has 8 heteroatoms. The highest BCUT2D eigenvalue weighted by Gasteiger charge is 2.37. The van der Waals surface area contributed by atoms with Crippen molar-refractivity contribution in [2.45, 2.75) is 37.8 Å². The number of hydrogen-bond acceptors (Lipinski definition) is 5. The van der Waals surface area contributed by atoms with Gasteiger partial charge in [-0.25, -0.2) is 13.2 Å². The summed E-state index contributed by atoms with van der Waals surface area (Å²) >= 11 is 0. The molecule has 162 valence electrons. The van der Waals surface area contributed by atoms with E-state index in [0.29, 0.717) is 24.9 Å². The van der Waals surface area contributed by atoms with E-state index in [1.54, 1.807) is 24.3 Å². The number of aliphatic carboxylic acids is 1. The van der Waals surface area contributed by atoms with Crippen LogP contribution in [0.1, 0.15) is 36.5 Å². The average molecular weight is 434 g/mol. The first-order valence-electron chi connectivity index (χ1n) is 10.0. The van der Waals surface area contributed by atoms with E-state index < -0.39 is 28.7 Å². The Balaban J connectivity index is 1.63. The summed E-state index contributed by atoms with van der Waals surface area (Å²) in [7, 11) is -3.42. The van der Waals surface area contributed by atoms with Gasteiger partial charge in [0.2, 0.25) is 10.0 Å². The maximum absolute atomic E-state index is 12.5. The van der Waals surface area contributed by atoms with Gasteiger partial charge in [0.1, 0.15) is 6.61 Å². The molecule has 1 aliphatic rings. The van der Waals surface area contributed by atoms with Crippen molar-refractivity contribution in [3.8, 4) is 0 Å². The predicted octanol–water partition coefficient (Wildman–Crippen LogP) is 2.75. The standard InChI is InChI=1S/C22H27NO6S/c24-21(11-6-17-4-2-1-3-5-17)18-7-9-19(10-8-18)23-20(13-15-30(23,27)28)12-14-29-16-22(25)26/h1-5,7-10,20-21,24H,6,11-16H2,(H,25,26). The number of rotatable bonds is 10. The molecular formula is C22H27NO6S. The summed E-state index contributed by atoms with van der Waals surface area (Å²) in [6.07, 6.45) is 1.60. The lowest BCUT2D eigenvalue weighted by molar-refractivity contribution is -0.142. The Morgan fingerprint density at radius 3 is 2.50 bits per heavy atom. The van der Waals surface area contributed by atoms with Crippen molar-refractivity contribution < 1.29 is 28.2 Å². The van der Waals surface area contributed by atoms with Crippen LogP contribution in [0, 0.1) is 0 Å². The number of carboxylic acids is 1. The van der Waals surface area contributed by atoms with E-state index in [1.807, 2.05) is 30.3 Å². The molecule has 0 radical (unpaired) electrons. The number of benzene rings is 2. The third kappa shape index (κ3) is 5.81. The molecule has 1 aliphatic heterocycles. The van der Waals surface area contributed by atoms with Crippen LogP contribution in [-0.4, -0.2) is 49.6 Å². The second-order valence-corrected chi connectivity index (χ2v) is 9.39. The summed E-state index contributed by atoms with van der Waals surface area (Å²) in [6, 6.07) is 16.6. The molecule has 2 atom stereocenters. The minimum Gasteiger partial charge on any atom is -0.480 e. The zero-order valence-corrected chi connectivity index (χ0v) is 17.5. The molecule has 0 amide bonds. The van der Waals surface area contributed by atoms with Crippen molar-refractivity contribution in [3.05, 3.63) is 65.7 Å². The highest BCUT2D eigenvalue weighted by atomic mass is 32.2. The van der Waals surface area contributed by atoms with Gasteiger partial charge in [0.25, 0.3) is 0 Å². The first-order valence-corrected chi connectivity index (χ1v) is 11.6. The van der Waals surface area contributed by atoms with Gasteiger partial charge in [0.15, 0.2) is 0 Å². The number of carboxylic acid groups (broad SMARTS) is 1. The Morgan fingerprint density at radius 1 is 1.13 bits per heavy atom. The quantitative estimate of drug-likeness (QED) is 0.559. The molecule has 0 aliphatic carbocycles. The highest BCUT2D eigenvalue weighted by molar-refractivity contribution is 7.93. The van der Waals surface area contributed by atoms with Crippen LogP contribution in [0.5, 0.6) is 0 Å². The molecule has 3 rings (SSSR count). The number of aryl methyl sites for hydroxylation is 1. The maximum atomic E-state index is 12.5. The van der Waals surface area contributed by atoms with Crippen LogP contribution in [0.25, 0.3) is 0 Å². The van der Waals surface area contributed by atoms with Crippen molar-refractivity contribution >= 4 is 21.7 Å². The molecule has 0 aromatic heterocycles. The summed E-state index contributed by atoms with van der Waals surface area (Å²) in [5.74, 6) is -0.995. The number of carbonyl (C=O) groups is 1. The van der Waals surface area contributed by atoms with Gasteiger partial charge in [-0.3, -0.25) is 4.31 Å². The third-order valence-corrected chi connectivity index (χ3v) is 7.10. The molecular weight excluding hydrogens is 406 g/mol. The number of ether oxygens (including phenoxy) is 1. The number of anilines is 1. The topological polar surface area (TPSA) is 104 Å². The lowest BCUT2D eigenvalue weighted by Crippen LogP contribution is -2.34. The van der Waals surface area contributed by atoms with E-state index >= 15 is 0 Å². The highest BCUT2D eigenvalue weighted by Crippen LogP contribution is 2.32. The Labute approximate surface area is 177 Å². The maximum Gasteiger partial charge on any atom is 0.329 e. The Hall–Kier alpha value is -2.42. The SMILES string of the molecule is O=C(O)COCCC1CCS(=O)(=O)N1c1ccc(C(O)CCc2ccccc2)cc1. The van der Waals surface area contributed by atoms with Crippen LogP contribution in [-0.2, 0) is 26.0 Å². The summed E-state index contributed by atoms with van der Waals surface area (Å²) in [5, 5.41) is 19.1. The molecule has 2 unspecified atom stereocenters. The van der Waals surface area contributed by atoms with Crippen LogP contribution >= 0.6 is 0 Å². The number of hydrogen-bond donors (Lipinski definition) is 2. The minimum absolute atomic E-state index is 0.0536. The Morgan fingerprint density at radius 2 is 1.83 bits per heavy atom. The first-order chi connectivity index (χ1) is 14.4. The number of aliphatic hydroxyl groups is 1. The first kappa shape index (κ1) is 22.3. The van der Waals surface area contributed by atoms with Crippen LogP contribution in [0.3, 0.4) is 0 Å². The fourth-order valence-corrected chi connectivity index (χ4v) is 5.57. The second-order valence-electron chi connectivity index (χ2n) is 7.42. The molecule has 2 N–H and O–H groups in total. The lowest BCUT2D eigenvalue weighted by atomic mass is 10.0. The summed E-state index contributed by atoms with van der Waals surface area (Å²) in [5.41, 5.74) is 2.45. The number of sulfonamides is 1. The van der Waals surface area contributed by atoms with Crippen LogP contribution < -0.4 is 4.31 Å². The Kier molecular flexibility index (Phi) is 7.47. The zero-order valence-electron chi connectivity index (χ0n) is 16.7. The van der Waals surface area contributed by atoms with Gasteiger partial charge < -0.3 is 14.9 Å². The van der Waals surface area contributed by atoms with Crippen LogP contribution in [0.4, 0.5) is 5.69 Å². The van der Waals surface area contributed by atoms with Gasteiger partial charge in [0.05, 0.1) is 17.5 Å². The smallest absolute Gasteiger partial charge is 0.329 e. The van der Waals surface area contributed by atoms with Gasteiger partial charge in [0, 0.05) is 12.6 Å². The summed E-state index contributed by atoms with van der Waals surface area (Å²) in [4.78, 5) is 10.5. The minimum atomic E-state index is -3.42. The average Bonchev–Trinajstić information content (AvgIpc) is 3.04. The molecule has 1 heterocycles. The molecule has 0 spiro atoms. The van der Waals surface area contributed by atoms with Crippen molar-refractivity contribution in [3.63, 3.8) is 0 Å². The fraction of sp³-hybridized carbons (Fsp3) is 0.409. The predicted molar refractivity (Wildman–Crippen MR) is 114 cm³/mol. The normalized spacial score (nSPS) is 19.0. The van der Waals surface area contributed by atoms with Crippen LogP contribution in [0.15, 0.2) is 54.6 Å². The van der Waals surface area contributed by atoms with E-state index in [2.05, 4.69) is 0 Å². The fourth-order valence-electron chi connectivity index (χ4n) is 3.70. The molecule has 7 nitrogen and oxygen atoms in total. The van der Waals surface area contributed by atoms with E-state index in [0.717, 1.165) is 17.5 Å². The zero-order chi connectivity index (χ0) is 21.6. The van der Waals surface area contributed by atoms with Crippen molar-refractivity contribution in [1.29, 1.82) is 0 Å². The Bertz CT molecular complexity index is 930. The summed E-state index contributed by atoms with van der Waals surface area (Å²) < 4.78 is 31.5. The molecule has 30 heavy (non-hydrogen) atoms. The molecule has 2 aromatic carbocycles. The number of nitrogens with zero attached hydrogens (tertiary/aromatic N) is 1. The van der Waals surface area contributed by atoms with Crippen molar-refractivity contribution in [2.75, 3.05) is 23.3 Å². The molecule has 2 aromatic rings. The van der Waals surface area contributed by atoms with E-state index in [-0.39, 0.29) is 18.4 Å². The summed E-state index contributed by atoms with van der Waals surface area (Å²) in [6.45, 7) is -0.214. The molecule has 0 bridgehead atoms. The van der Waals surface area contributed by atoms with Crippen LogP contribution in [0.2, 0.25) is 0 Å². The van der Waals surface area contributed by atoms with Crippen molar-refractivity contribution in [2.24, 2.45) is 0 Å². The number of aliphatic hydroxyl groups excluding tert-OH is 1. The van der Waals surface area contributed by atoms with Gasteiger partial charge in [-0.05, 0) is 48.9 Å². The monoisotopic (exact) mass is 433 g/mol. The van der Waals surface area contributed by atoms with E-state index in [4.69, 9.17) is 9.84 Å². The van der Waals surface area contributed by atoms with Gasteiger partial charge in [-0.15, -0.1) is 0 Å². The van der Waals surface area contributed by atoms with Gasteiger partial charge in [-0.2, -0.15) is 0 Å². The lowest BCUT2D eigenvalue weighted by Gasteiger charge is -2.25. The van der Waals surface area contributed by atoms with E-state index in [9.17, 15) is 18.3 Å². The molecule has 0 saturated carbocycles. The largest absolute Gasteiger partial charge is 0.480 e. The van der Waals surface area contributed by atoms with Gasteiger partial charge >= 0.3 is 5.97 Å². The van der Waals surface area contributed by atoms with Crippen molar-refractivity contribution in [1.82, 2.24) is 0 Å². The van der Waals surface area contributed by atoms with Gasteiger partial charge in [-0.1, -0.05) is 42.5 Å². The molecule has 1 fully saturated rings. The second kappa shape index (κ2) is 10.1.